The van der Waals surface area contributed by atoms with Gasteiger partial charge in [-0.05, 0) is 6.42 Å². The Kier molecular flexibility index (Phi) is 11.8. The number of hydrogen-bond donors (Lipinski definition) is 6. The quantitative estimate of drug-likeness (QED) is 0.237. The largest absolute Gasteiger partial charge is 0.478 e. The molecule has 12 nitrogen and oxygen atoms in total. The van der Waals surface area contributed by atoms with Gasteiger partial charge in [0, 0.05) is 6.42 Å². The molecule has 1 aromatic heterocycles. The third-order valence-corrected chi connectivity index (χ3v) is 4.63. The number of aryl methyl sites for hydroxylation is 1. The van der Waals surface area contributed by atoms with Gasteiger partial charge in [0.25, 0.3) is 0 Å². The minimum absolute atomic E-state index is 0.218. The number of aromatic nitrogens is 3. The van der Waals surface area contributed by atoms with Crippen molar-refractivity contribution in [3.05, 3.63) is 5.82 Å². The first-order chi connectivity index (χ1) is 11.9. The molecule has 14 heteroatoms. The molecule has 1 aromatic rings. The van der Waals surface area contributed by atoms with Crippen LogP contribution >= 0.6 is 15.6 Å². The molecule has 0 bridgehead atoms. The second-order valence-corrected chi connectivity index (χ2v) is 8.02. The van der Waals surface area contributed by atoms with Gasteiger partial charge in [-0.15, -0.1) is 0 Å². The highest BCUT2D eigenvalue weighted by molar-refractivity contribution is 7.60. The van der Waals surface area contributed by atoms with E-state index in [2.05, 4.69) is 26.2 Å². The van der Waals surface area contributed by atoms with E-state index in [1.807, 2.05) is 0 Å². The molecule has 0 aromatic carbocycles. The highest BCUT2D eigenvalue weighted by atomic mass is 31.3. The highest BCUT2D eigenvalue weighted by Crippen LogP contribution is 2.53. The number of anilines is 2. The number of unbranched alkanes of at least 4 members (excludes halogenated alkanes) is 6. The van der Waals surface area contributed by atoms with Crippen LogP contribution in [0.15, 0.2) is 0 Å². The minimum Gasteiger partial charge on any atom is -0.368 e. The summed E-state index contributed by atoms with van der Waals surface area (Å²) in [5, 5.41) is 0. The molecule has 0 radical (unpaired) electrons. The average molecular weight is 415 g/mol. The van der Waals surface area contributed by atoms with Gasteiger partial charge < -0.3 is 31.0 Å². The molecule has 1 rings (SSSR count). The molecule has 26 heavy (non-hydrogen) atoms. The van der Waals surface area contributed by atoms with Crippen molar-refractivity contribution in [3.8, 4) is 0 Å². The highest BCUT2D eigenvalue weighted by Gasteiger charge is 2.27. The van der Waals surface area contributed by atoms with E-state index in [4.69, 9.17) is 31.0 Å². The Balaban J connectivity index is 0.000000590. The van der Waals surface area contributed by atoms with Crippen molar-refractivity contribution in [3.63, 3.8) is 0 Å². The van der Waals surface area contributed by atoms with Crippen molar-refractivity contribution in [1.29, 1.82) is 0 Å². The fourth-order valence-corrected chi connectivity index (χ4v) is 3.06. The normalized spacial score (nSPS) is 11.7. The van der Waals surface area contributed by atoms with Crippen LogP contribution in [0.3, 0.4) is 0 Å². The van der Waals surface area contributed by atoms with Gasteiger partial charge in [-0.2, -0.15) is 19.3 Å². The lowest BCUT2D eigenvalue weighted by Gasteiger charge is -2.03. The maximum absolute atomic E-state index is 9.63. The smallest absolute Gasteiger partial charge is 0.368 e. The fraction of sp³-hybridized carbons (Fsp3) is 0.750. The van der Waals surface area contributed by atoms with Crippen LogP contribution in [0.2, 0.25) is 0 Å². The maximum atomic E-state index is 9.63. The van der Waals surface area contributed by atoms with E-state index in [1.54, 1.807) is 0 Å². The molecule has 152 valence electrons. The first-order valence-electron chi connectivity index (χ1n) is 8.01. The Labute approximate surface area is 151 Å². The van der Waals surface area contributed by atoms with Crippen molar-refractivity contribution in [2.24, 2.45) is 0 Å². The van der Waals surface area contributed by atoms with Gasteiger partial charge in [0.15, 0.2) is 0 Å². The SMILES string of the molecule is CCCCCCCCCc1nc(N)nc(N)n1.O=P(O)(O)OP(=O)(O)O. The molecule has 0 atom stereocenters. The van der Waals surface area contributed by atoms with E-state index in [0.717, 1.165) is 12.8 Å². The number of nitrogens with two attached hydrogens (primary N) is 2. The molecule has 1 heterocycles. The van der Waals surface area contributed by atoms with Crippen LogP contribution in [-0.4, -0.2) is 34.5 Å². The van der Waals surface area contributed by atoms with Crippen LogP contribution in [0.4, 0.5) is 11.9 Å². The van der Waals surface area contributed by atoms with E-state index >= 15 is 0 Å². The molecule has 0 saturated carbocycles. The van der Waals surface area contributed by atoms with Gasteiger partial charge in [-0.25, -0.2) is 9.13 Å². The minimum atomic E-state index is -5.05. The molecule has 8 N–H and O–H groups in total. The molecule has 0 fully saturated rings. The van der Waals surface area contributed by atoms with Gasteiger partial charge >= 0.3 is 15.6 Å². The van der Waals surface area contributed by atoms with E-state index in [0.29, 0.717) is 5.82 Å². The molecule has 0 aliphatic rings. The first kappa shape index (κ1) is 24.9. The summed E-state index contributed by atoms with van der Waals surface area (Å²) in [6.45, 7) is 2.23. The molecular weight excluding hydrogens is 388 g/mol. The van der Waals surface area contributed by atoms with Crippen LogP contribution in [0.5, 0.6) is 0 Å². The number of rotatable bonds is 10. The summed E-state index contributed by atoms with van der Waals surface area (Å²) < 4.78 is 22.2. The first-order valence-corrected chi connectivity index (χ1v) is 11.1. The Morgan fingerprint density at radius 2 is 1.23 bits per heavy atom. The number of hydrogen-bond acceptors (Lipinski definition) is 8. The molecule has 0 aliphatic carbocycles. The van der Waals surface area contributed by atoms with Gasteiger partial charge in [0.1, 0.15) is 5.82 Å². The lowest BCUT2D eigenvalue weighted by Crippen LogP contribution is -2.06. The van der Waals surface area contributed by atoms with Crippen molar-refractivity contribution in [1.82, 2.24) is 15.0 Å². The zero-order valence-corrected chi connectivity index (χ0v) is 16.4. The maximum Gasteiger partial charge on any atom is 0.478 e. The van der Waals surface area contributed by atoms with E-state index in [-0.39, 0.29) is 11.9 Å². The van der Waals surface area contributed by atoms with Crippen LogP contribution in [0.25, 0.3) is 0 Å². The number of phosphoric acid groups is 2. The Morgan fingerprint density at radius 1 is 0.808 bits per heavy atom. The van der Waals surface area contributed by atoms with Gasteiger partial charge in [0.2, 0.25) is 11.9 Å². The van der Waals surface area contributed by atoms with Crippen molar-refractivity contribution in [2.75, 3.05) is 11.5 Å². The van der Waals surface area contributed by atoms with E-state index in [9.17, 15) is 9.13 Å². The summed E-state index contributed by atoms with van der Waals surface area (Å²) in [6, 6.07) is 0. The molecular formula is C12H27N5O7P2. The molecule has 0 amide bonds. The van der Waals surface area contributed by atoms with Crippen molar-refractivity contribution >= 4 is 27.5 Å². The molecule has 0 unspecified atom stereocenters. The number of nitrogens with zero attached hydrogens (tertiary/aromatic N) is 3. The second-order valence-electron chi connectivity index (χ2n) is 5.40. The molecule has 0 saturated heterocycles. The van der Waals surface area contributed by atoms with Crippen molar-refractivity contribution < 1.29 is 33.0 Å². The number of nitrogen functional groups attached to an aromatic ring is 2. The summed E-state index contributed by atoms with van der Waals surface area (Å²) >= 11 is 0. The van der Waals surface area contributed by atoms with Crippen LogP contribution in [0, 0.1) is 0 Å². The summed E-state index contributed by atoms with van der Waals surface area (Å²) in [5.41, 5.74) is 11.0. The van der Waals surface area contributed by atoms with Crippen molar-refractivity contribution in [2.45, 2.75) is 58.3 Å². The third-order valence-electron chi connectivity index (χ3n) is 2.93. The zero-order chi connectivity index (χ0) is 20.2. The average Bonchev–Trinajstić information content (AvgIpc) is 2.42. The summed E-state index contributed by atoms with van der Waals surface area (Å²) in [6.07, 6.45) is 9.76. The Bertz CT molecular complexity index is 582. The van der Waals surface area contributed by atoms with E-state index < -0.39 is 15.6 Å². The standard InChI is InChI=1S/C12H23N5.H4O7P2/c1-2-3-4-5-6-7-8-9-10-15-11(13)17-12(14)16-10;1-8(2,3)7-9(4,5)6/h2-9H2,1H3,(H4,13,14,15,16,17);(H2,1,2,3)(H2,4,5,6). The van der Waals surface area contributed by atoms with Gasteiger partial charge in [-0.3, -0.25) is 0 Å². The third kappa shape index (κ3) is 16.3. The second kappa shape index (κ2) is 12.3. The van der Waals surface area contributed by atoms with Crippen LogP contribution in [-0.2, 0) is 19.9 Å². The van der Waals surface area contributed by atoms with Crippen LogP contribution < -0.4 is 11.5 Å². The lowest BCUT2D eigenvalue weighted by molar-refractivity contribution is 0.225. The summed E-state index contributed by atoms with van der Waals surface area (Å²) in [7, 11) is -10.1. The van der Waals surface area contributed by atoms with E-state index in [1.165, 1.54) is 38.5 Å². The molecule has 0 aliphatic heterocycles. The summed E-state index contributed by atoms with van der Waals surface area (Å²) in [5.74, 6) is 1.15. The predicted molar refractivity (Wildman–Crippen MR) is 95.5 cm³/mol. The Hall–Kier alpha value is -1.13. The van der Waals surface area contributed by atoms with Gasteiger partial charge in [0.05, 0.1) is 0 Å². The monoisotopic (exact) mass is 415 g/mol. The topological polar surface area (TPSA) is 215 Å². The predicted octanol–water partition coefficient (Wildman–Crippen LogP) is 1.52. The zero-order valence-electron chi connectivity index (χ0n) is 14.6. The Morgan fingerprint density at radius 3 is 1.62 bits per heavy atom. The lowest BCUT2D eigenvalue weighted by atomic mass is 10.1. The van der Waals surface area contributed by atoms with Crippen LogP contribution in [0.1, 0.15) is 57.7 Å². The fourth-order valence-electron chi connectivity index (χ4n) is 1.95. The summed E-state index contributed by atoms with van der Waals surface area (Å²) in [4.78, 5) is 42.9. The van der Waals surface area contributed by atoms with Gasteiger partial charge in [-0.1, -0.05) is 45.4 Å². The molecule has 0 spiro atoms.